The van der Waals surface area contributed by atoms with E-state index in [9.17, 15) is 9.59 Å². The third-order valence-electron chi connectivity index (χ3n) is 6.27. The molecule has 5 heteroatoms. The van der Waals surface area contributed by atoms with Crippen LogP contribution in [0.3, 0.4) is 0 Å². The minimum atomic E-state index is -0.111. The number of benzene rings is 2. The van der Waals surface area contributed by atoms with Gasteiger partial charge in [0.15, 0.2) is 0 Å². The van der Waals surface area contributed by atoms with Crippen LogP contribution in [0, 0.1) is 6.92 Å². The van der Waals surface area contributed by atoms with Gasteiger partial charge in [0.05, 0.1) is 0 Å². The molecule has 2 aromatic carbocycles. The predicted molar refractivity (Wildman–Crippen MR) is 125 cm³/mol. The second kappa shape index (κ2) is 9.69. The van der Waals surface area contributed by atoms with Crippen molar-refractivity contribution in [1.82, 2.24) is 4.90 Å². The van der Waals surface area contributed by atoms with Gasteiger partial charge in [0.25, 0.3) is 11.8 Å². The number of amides is 2. The normalized spacial score (nSPS) is 17.6. The number of anilines is 1. The molecule has 0 spiro atoms. The molecular formula is C25H30N2O2S. The van der Waals surface area contributed by atoms with Crippen molar-refractivity contribution in [2.24, 2.45) is 0 Å². The summed E-state index contributed by atoms with van der Waals surface area (Å²) in [5.74, 6) is 2.60. The van der Waals surface area contributed by atoms with Gasteiger partial charge in [-0.15, -0.1) is 0 Å². The molecule has 2 aliphatic rings. The molecule has 0 bridgehead atoms. The highest BCUT2D eigenvalue weighted by Gasteiger charge is 2.19. The first-order valence-electron chi connectivity index (χ1n) is 11.0. The van der Waals surface area contributed by atoms with E-state index in [1.54, 1.807) is 0 Å². The fourth-order valence-corrected chi connectivity index (χ4v) is 5.33. The van der Waals surface area contributed by atoms with Crippen molar-refractivity contribution in [3.8, 4) is 0 Å². The molecule has 1 aliphatic carbocycles. The van der Waals surface area contributed by atoms with Crippen LogP contribution in [0.15, 0.2) is 42.5 Å². The van der Waals surface area contributed by atoms with Gasteiger partial charge in [0, 0.05) is 41.4 Å². The number of hydrogen-bond acceptors (Lipinski definition) is 3. The second-order valence-corrected chi connectivity index (χ2v) is 9.57. The zero-order valence-electron chi connectivity index (χ0n) is 17.7. The Morgan fingerprint density at radius 2 is 1.60 bits per heavy atom. The van der Waals surface area contributed by atoms with E-state index in [2.05, 4.69) is 17.4 Å². The van der Waals surface area contributed by atoms with Gasteiger partial charge < -0.3 is 10.2 Å². The van der Waals surface area contributed by atoms with E-state index in [1.165, 1.54) is 37.7 Å². The Balaban J connectivity index is 1.40. The lowest BCUT2D eigenvalue weighted by Gasteiger charge is -2.26. The van der Waals surface area contributed by atoms with E-state index in [0.717, 1.165) is 35.8 Å². The topological polar surface area (TPSA) is 49.4 Å². The molecule has 1 saturated heterocycles. The third-order valence-corrected chi connectivity index (χ3v) is 7.21. The first-order chi connectivity index (χ1) is 14.6. The smallest absolute Gasteiger partial charge is 0.255 e. The SMILES string of the molecule is Cc1cc(C(=O)N2CCSCC2)ccc1NC(=O)c1ccc(C2CCCCC2)cc1. The molecule has 4 nitrogen and oxygen atoms in total. The van der Waals surface area contributed by atoms with Gasteiger partial charge >= 0.3 is 0 Å². The molecule has 2 aromatic rings. The summed E-state index contributed by atoms with van der Waals surface area (Å²) in [5.41, 5.74) is 4.36. The Morgan fingerprint density at radius 1 is 0.933 bits per heavy atom. The number of rotatable bonds is 4. The Hall–Kier alpha value is -2.27. The minimum Gasteiger partial charge on any atom is -0.337 e. The Kier molecular flexibility index (Phi) is 6.78. The minimum absolute atomic E-state index is 0.0783. The van der Waals surface area contributed by atoms with Crippen LogP contribution in [0.5, 0.6) is 0 Å². The average molecular weight is 423 g/mol. The van der Waals surface area contributed by atoms with E-state index in [4.69, 9.17) is 0 Å². The average Bonchev–Trinajstić information content (AvgIpc) is 2.81. The molecule has 0 radical (unpaired) electrons. The molecule has 30 heavy (non-hydrogen) atoms. The molecule has 158 valence electrons. The standard InChI is InChI=1S/C25H30N2O2S/c1-18-17-22(25(29)27-13-15-30-16-14-27)11-12-23(18)26-24(28)21-9-7-20(8-10-21)19-5-3-2-4-6-19/h7-12,17,19H,2-6,13-16H2,1H3,(H,26,28). The molecule has 2 fully saturated rings. The summed E-state index contributed by atoms with van der Waals surface area (Å²) >= 11 is 1.89. The fourth-order valence-electron chi connectivity index (χ4n) is 4.42. The summed E-state index contributed by atoms with van der Waals surface area (Å²) in [5, 5.41) is 3.00. The van der Waals surface area contributed by atoms with E-state index >= 15 is 0 Å². The highest BCUT2D eigenvalue weighted by molar-refractivity contribution is 7.99. The number of hydrogen-bond donors (Lipinski definition) is 1. The molecule has 1 aliphatic heterocycles. The highest BCUT2D eigenvalue weighted by Crippen LogP contribution is 2.32. The second-order valence-electron chi connectivity index (χ2n) is 8.35. The number of nitrogens with one attached hydrogen (secondary N) is 1. The zero-order valence-corrected chi connectivity index (χ0v) is 18.5. The quantitative estimate of drug-likeness (QED) is 0.709. The van der Waals surface area contributed by atoms with Crippen molar-refractivity contribution in [3.05, 3.63) is 64.7 Å². The van der Waals surface area contributed by atoms with Gasteiger partial charge in [0.1, 0.15) is 0 Å². The highest BCUT2D eigenvalue weighted by atomic mass is 32.2. The maximum atomic E-state index is 12.7. The molecule has 1 saturated carbocycles. The zero-order chi connectivity index (χ0) is 20.9. The summed E-state index contributed by atoms with van der Waals surface area (Å²) in [6.07, 6.45) is 6.47. The van der Waals surface area contributed by atoms with Crippen molar-refractivity contribution < 1.29 is 9.59 Å². The van der Waals surface area contributed by atoms with Gasteiger partial charge in [-0.25, -0.2) is 0 Å². The van der Waals surface area contributed by atoms with Gasteiger partial charge in [0.2, 0.25) is 0 Å². The molecule has 4 rings (SSSR count). The van der Waals surface area contributed by atoms with Crippen molar-refractivity contribution in [3.63, 3.8) is 0 Å². The van der Waals surface area contributed by atoms with Crippen LogP contribution in [0.25, 0.3) is 0 Å². The Morgan fingerprint density at radius 3 is 2.27 bits per heavy atom. The van der Waals surface area contributed by atoms with E-state index in [1.807, 2.05) is 53.9 Å². The van der Waals surface area contributed by atoms with Crippen molar-refractivity contribution in [1.29, 1.82) is 0 Å². The van der Waals surface area contributed by atoms with Crippen LogP contribution in [-0.2, 0) is 0 Å². The monoisotopic (exact) mass is 422 g/mol. The Labute approximate surface area is 183 Å². The maximum absolute atomic E-state index is 12.7. The van der Waals surface area contributed by atoms with Crippen LogP contribution in [0.1, 0.15) is 69.9 Å². The van der Waals surface area contributed by atoms with Crippen LogP contribution in [0.2, 0.25) is 0 Å². The molecule has 1 N–H and O–H groups in total. The summed E-state index contributed by atoms with van der Waals surface area (Å²) in [4.78, 5) is 27.3. The molecular weight excluding hydrogens is 392 g/mol. The number of nitrogens with zero attached hydrogens (tertiary/aromatic N) is 1. The number of thioether (sulfide) groups is 1. The summed E-state index contributed by atoms with van der Waals surface area (Å²) in [7, 11) is 0. The predicted octanol–water partition coefficient (Wildman–Crippen LogP) is 5.48. The lowest BCUT2D eigenvalue weighted by Crippen LogP contribution is -2.37. The van der Waals surface area contributed by atoms with Crippen LogP contribution in [-0.4, -0.2) is 41.3 Å². The summed E-state index contributed by atoms with van der Waals surface area (Å²) < 4.78 is 0. The number of carbonyl (C=O) groups excluding carboxylic acids is 2. The van der Waals surface area contributed by atoms with Crippen LogP contribution in [0.4, 0.5) is 5.69 Å². The van der Waals surface area contributed by atoms with E-state index in [-0.39, 0.29) is 11.8 Å². The fraction of sp³-hybridized carbons (Fsp3) is 0.440. The van der Waals surface area contributed by atoms with Crippen molar-refractivity contribution in [2.45, 2.75) is 44.9 Å². The lowest BCUT2D eigenvalue weighted by molar-refractivity contribution is 0.0772. The molecule has 2 amide bonds. The summed E-state index contributed by atoms with van der Waals surface area (Å²) in [6.45, 7) is 3.54. The maximum Gasteiger partial charge on any atom is 0.255 e. The van der Waals surface area contributed by atoms with Gasteiger partial charge in [-0.3, -0.25) is 9.59 Å². The summed E-state index contributed by atoms with van der Waals surface area (Å²) in [6, 6.07) is 13.6. The van der Waals surface area contributed by atoms with Crippen molar-refractivity contribution in [2.75, 3.05) is 29.9 Å². The van der Waals surface area contributed by atoms with Gasteiger partial charge in [-0.05, 0) is 67.1 Å². The van der Waals surface area contributed by atoms with E-state index in [0.29, 0.717) is 17.0 Å². The number of carbonyl (C=O) groups is 2. The van der Waals surface area contributed by atoms with Crippen LogP contribution < -0.4 is 5.32 Å². The molecule has 0 unspecified atom stereocenters. The molecule has 1 heterocycles. The first-order valence-corrected chi connectivity index (χ1v) is 12.2. The molecule has 0 aromatic heterocycles. The van der Waals surface area contributed by atoms with Gasteiger partial charge in [-0.1, -0.05) is 31.4 Å². The lowest BCUT2D eigenvalue weighted by atomic mass is 9.84. The largest absolute Gasteiger partial charge is 0.337 e. The van der Waals surface area contributed by atoms with E-state index < -0.39 is 0 Å². The van der Waals surface area contributed by atoms with Crippen molar-refractivity contribution >= 4 is 29.3 Å². The molecule has 0 atom stereocenters. The Bertz CT molecular complexity index is 898. The van der Waals surface area contributed by atoms with Gasteiger partial charge in [-0.2, -0.15) is 11.8 Å². The first kappa shape index (κ1) is 21.0. The van der Waals surface area contributed by atoms with Crippen LogP contribution >= 0.6 is 11.8 Å². The number of aryl methyl sites for hydroxylation is 1. The third kappa shape index (κ3) is 4.89.